The number of thiophene rings is 1. The largest absolute Gasteiger partial charge is 0.448 e. The third-order valence-corrected chi connectivity index (χ3v) is 3.21. The minimum atomic E-state index is -0.751. The van der Waals surface area contributed by atoms with E-state index in [-0.39, 0.29) is 6.61 Å². The zero-order valence-electron chi connectivity index (χ0n) is 9.68. The Bertz CT molecular complexity index is 495. The third kappa shape index (κ3) is 3.31. The van der Waals surface area contributed by atoms with Gasteiger partial charge in [0.05, 0.1) is 16.8 Å². The van der Waals surface area contributed by atoms with Gasteiger partial charge in [0.1, 0.15) is 6.61 Å². The van der Waals surface area contributed by atoms with Crippen LogP contribution in [0, 0.1) is 0 Å². The summed E-state index contributed by atoms with van der Waals surface area (Å²) in [4.78, 5) is 11.5. The predicted octanol–water partition coefficient (Wildman–Crippen LogP) is 1.32. The van der Waals surface area contributed by atoms with E-state index in [9.17, 15) is 4.79 Å². The van der Waals surface area contributed by atoms with E-state index in [1.54, 1.807) is 17.5 Å². The molecule has 0 aliphatic carbocycles. The zero-order valence-corrected chi connectivity index (χ0v) is 10.5. The Balaban J connectivity index is 1.83. The average Bonchev–Trinajstić information content (AvgIpc) is 2.97. The van der Waals surface area contributed by atoms with E-state index in [1.807, 2.05) is 17.5 Å². The van der Waals surface area contributed by atoms with Crippen molar-refractivity contribution in [3.05, 3.63) is 29.3 Å². The van der Waals surface area contributed by atoms with Gasteiger partial charge in [-0.1, -0.05) is 6.07 Å². The van der Waals surface area contributed by atoms with Gasteiger partial charge in [-0.15, -0.1) is 11.3 Å². The molecule has 0 atom stereocenters. The quantitative estimate of drug-likeness (QED) is 0.687. The maximum Gasteiger partial charge on any atom is 0.404 e. The van der Waals surface area contributed by atoms with E-state index in [0.717, 1.165) is 16.1 Å². The summed E-state index contributed by atoms with van der Waals surface area (Å²) in [6, 6.07) is 4.04. The van der Waals surface area contributed by atoms with Crippen molar-refractivity contribution >= 4 is 17.4 Å². The van der Waals surface area contributed by atoms with Gasteiger partial charge in [0.2, 0.25) is 0 Å². The summed E-state index contributed by atoms with van der Waals surface area (Å²) in [5, 5.41) is 12.2. The molecule has 6 nitrogen and oxygen atoms in total. The van der Waals surface area contributed by atoms with Gasteiger partial charge in [-0.2, -0.15) is 5.10 Å². The number of carbonyl (C=O) groups is 1. The molecule has 0 radical (unpaired) electrons. The second-order valence-corrected chi connectivity index (χ2v) is 4.54. The van der Waals surface area contributed by atoms with E-state index in [0.29, 0.717) is 13.1 Å². The molecular weight excluding hydrogens is 252 g/mol. The first-order valence-electron chi connectivity index (χ1n) is 5.46. The van der Waals surface area contributed by atoms with Crippen molar-refractivity contribution in [2.24, 2.45) is 5.73 Å². The highest BCUT2D eigenvalue weighted by atomic mass is 32.1. The summed E-state index contributed by atoms with van der Waals surface area (Å²) >= 11 is 1.66. The van der Waals surface area contributed by atoms with Crippen molar-refractivity contribution < 1.29 is 9.53 Å². The number of carbonyl (C=O) groups excluding carboxylic acids is 1. The van der Waals surface area contributed by atoms with Gasteiger partial charge in [-0.3, -0.25) is 5.10 Å². The molecule has 0 spiro atoms. The number of nitrogens with zero attached hydrogens (tertiary/aromatic N) is 1. The van der Waals surface area contributed by atoms with Crippen molar-refractivity contribution in [1.82, 2.24) is 15.5 Å². The Morgan fingerprint density at radius 3 is 3.22 bits per heavy atom. The standard InChI is InChI=1S/C11H14N4O2S/c12-11(16)17-4-3-13-6-8-7-14-15-10(8)9-2-1-5-18-9/h1-2,5,7,13H,3-4,6H2,(H2,12,16)(H,14,15). The molecule has 0 saturated carbocycles. The van der Waals surface area contributed by atoms with Gasteiger partial charge < -0.3 is 15.8 Å². The molecule has 0 aromatic carbocycles. The fourth-order valence-corrected chi connectivity index (χ4v) is 2.28. The highest BCUT2D eigenvalue weighted by Crippen LogP contribution is 2.25. The Kier molecular flexibility index (Phi) is 4.32. The molecule has 0 fully saturated rings. The number of hydrogen-bond acceptors (Lipinski definition) is 5. The minimum Gasteiger partial charge on any atom is -0.448 e. The Morgan fingerprint density at radius 1 is 1.61 bits per heavy atom. The third-order valence-electron chi connectivity index (χ3n) is 2.32. The number of rotatable bonds is 6. The lowest BCUT2D eigenvalue weighted by atomic mass is 10.2. The van der Waals surface area contributed by atoms with Crippen molar-refractivity contribution in [3.8, 4) is 10.6 Å². The molecule has 0 aliphatic heterocycles. The highest BCUT2D eigenvalue weighted by molar-refractivity contribution is 7.13. The van der Waals surface area contributed by atoms with Crippen LogP contribution in [-0.2, 0) is 11.3 Å². The van der Waals surface area contributed by atoms with Gasteiger partial charge >= 0.3 is 6.09 Å². The second kappa shape index (κ2) is 6.18. The molecule has 2 aromatic rings. The Labute approximate surface area is 108 Å². The number of primary amides is 1. The first-order valence-corrected chi connectivity index (χ1v) is 6.34. The Morgan fingerprint density at radius 2 is 2.50 bits per heavy atom. The SMILES string of the molecule is NC(=O)OCCNCc1cn[nH]c1-c1cccs1. The molecular formula is C11H14N4O2S. The molecule has 0 saturated heterocycles. The molecule has 7 heteroatoms. The van der Waals surface area contributed by atoms with Crippen LogP contribution in [-0.4, -0.2) is 29.4 Å². The molecule has 1 amide bonds. The van der Waals surface area contributed by atoms with Crippen LogP contribution in [0.3, 0.4) is 0 Å². The number of ether oxygens (including phenoxy) is 1. The Hall–Kier alpha value is -1.86. The second-order valence-electron chi connectivity index (χ2n) is 3.59. The number of H-pyrrole nitrogens is 1. The van der Waals surface area contributed by atoms with Crippen molar-refractivity contribution in [3.63, 3.8) is 0 Å². The summed E-state index contributed by atoms with van der Waals surface area (Å²) in [5.74, 6) is 0. The van der Waals surface area contributed by atoms with E-state index >= 15 is 0 Å². The van der Waals surface area contributed by atoms with Gasteiger partial charge in [0.25, 0.3) is 0 Å². The fraction of sp³-hybridized carbons (Fsp3) is 0.273. The van der Waals surface area contributed by atoms with E-state index in [2.05, 4.69) is 20.3 Å². The van der Waals surface area contributed by atoms with Crippen LogP contribution in [0.5, 0.6) is 0 Å². The summed E-state index contributed by atoms with van der Waals surface area (Å²) in [7, 11) is 0. The van der Waals surface area contributed by atoms with Crippen molar-refractivity contribution in [2.75, 3.05) is 13.2 Å². The number of nitrogens with two attached hydrogens (primary N) is 1. The maximum absolute atomic E-state index is 10.4. The van der Waals surface area contributed by atoms with E-state index in [1.165, 1.54) is 0 Å². The number of aromatic nitrogens is 2. The van der Waals surface area contributed by atoms with E-state index in [4.69, 9.17) is 5.73 Å². The van der Waals surface area contributed by atoms with Crippen LogP contribution in [0.25, 0.3) is 10.6 Å². The lowest BCUT2D eigenvalue weighted by molar-refractivity contribution is 0.157. The maximum atomic E-state index is 10.4. The number of amides is 1. The predicted molar refractivity (Wildman–Crippen MR) is 69.1 cm³/mol. The first-order chi connectivity index (χ1) is 8.77. The van der Waals surface area contributed by atoms with Crippen LogP contribution < -0.4 is 11.1 Å². The molecule has 2 heterocycles. The van der Waals surface area contributed by atoms with Crippen LogP contribution in [0.2, 0.25) is 0 Å². The minimum absolute atomic E-state index is 0.265. The van der Waals surface area contributed by atoms with Crippen molar-refractivity contribution in [2.45, 2.75) is 6.54 Å². The van der Waals surface area contributed by atoms with Gasteiger partial charge in [-0.25, -0.2) is 4.79 Å². The molecule has 0 aliphatic rings. The number of aromatic amines is 1. The molecule has 0 unspecified atom stereocenters. The topological polar surface area (TPSA) is 93.0 Å². The van der Waals surface area contributed by atoms with Crippen LogP contribution in [0.4, 0.5) is 4.79 Å². The van der Waals surface area contributed by atoms with Crippen LogP contribution >= 0.6 is 11.3 Å². The molecule has 18 heavy (non-hydrogen) atoms. The first kappa shape index (κ1) is 12.6. The molecule has 0 bridgehead atoms. The van der Waals surface area contributed by atoms with Gasteiger partial charge in [0, 0.05) is 18.7 Å². The smallest absolute Gasteiger partial charge is 0.404 e. The van der Waals surface area contributed by atoms with E-state index < -0.39 is 6.09 Å². The molecule has 2 rings (SSSR count). The molecule has 4 N–H and O–H groups in total. The number of hydrogen-bond donors (Lipinski definition) is 3. The van der Waals surface area contributed by atoms with Gasteiger partial charge in [0.15, 0.2) is 0 Å². The van der Waals surface area contributed by atoms with Crippen molar-refractivity contribution in [1.29, 1.82) is 0 Å². The number of nitrogens with one attached hydrogen (secondary N) is 2. The molecule has 2 aromatic heterocycles. The van der Waals surface area contributed by atoms with Crippen LogP contribution in [0.1, 0.15) is 5.56 Å². The highest BCUT2D eigenvalue weighted by Gasteiger charge is 2.07. The molecule has 96 valence electrons. The summed E-state index contributed by atoms with van der Waals surface area (Å²) in [5.41, 5.74) is 6.96. The fourth-order valence-electron chi connectivity index (χ4n) is 1.53. The lowest BCUT2D eigenvalue weighted by Gasteiger charge is -2.04. The lowest BCUT2D eigenvalue weighted by Crippen LogP contribution is -2.23. The summed E-state index contributed by atoms with van der Waals surface area (Å²) in [6.45, 7) is 1.48. The zero-order chi connectivity index (χ0) is 12.8. The normalized spacial score (nSPS) is 10.4. The monoisotopic (exact) mass is 266 g/mol. The summed E-state index contributed by atoms with van der Waals surface area (Å²) < 4.78 is 4.62. The average molecular weight is 266 g/mol. The van der Waals surface area contributed by atoms with Gasteiger partial charge in [-0.05, 0) is 11.4 Å². The summed E-state index contributed by atoms with van der Waals surface area (Å²) in [6.07, 6.45) is 1.04. The van der Waals surface area contributed by atoms with Crippen LogP contribution in [0.15, 0.2) is 23.7 Å².